The Balaban J connectivity index is 1.90. The van der Waals surface area contributed by atoms with Crippen LogP contribution in [0.15, 0.2) is 23.1 Å². The number of hydrogen-bond donors (Lipinski definition) is 1. The summed E-state index contributed by atoms with van der Waals surface area (Å²) in [5.41, 5.74) is 1.79. The van der Waals surface area contributed by atoms with E-state index in [-0.39, 0.29) is 6.03 Å². The summed E-state index contributed by atoms with van der Waals surface area (Å²) in [6.45, 7) is 5.85. The Kier molecular flexibility index (Phi) is 5.31. The van der Waals surface area contributed by atoms with Gasteiger partial charge in [-0.05, 0) is 37.6 Å². The quantitative estimate of drug-likeness (QED) is 0.855. The lowest BCUT2D eigenvalue weighted by Crippen LogP contribution is -2.47. The van der Waals surface area contributed by atoms with Gasteiger partial charge in [0.15, 0.2) is 0 Å². The van der Waals surface area contributed by atoms with Gasteiger partial charge in [0.25, 0.3) is 0 Å². The predicted octanol–water partition coefficient (Wildman–Crippen LogP) is 0.710. The molecule has 7 nitrogen and oxygen atoms in total. The molecule has 0 saturated carbocycles. The highest BCUT2D eigenvalue weighted by molar-refractivity contribution is 7.89. The molecule has 0 atom stereocenters. The summed E-state index contributed by atoms with van der Waals surface area (Å²) in [7, 11) is -1.54. The molecule has 3 rings (SSSR count). The highest BCUT2D eigenvalue weighted by Gasteiger charge is 2.32. The maximum atomic E-state index is 13.2. The fraction of sp³-hybridized carbons (Fsp3) is 0.588. The maximum Gasteiger partial charge on any atom is 0.317 e. The summed E-state index contributed by atoms with van der Waals surface area (Å²) < 4.78 is 27.9. The smallest absolute Gasteiger partial charge is 0.317 e. The van der Waals surface area contributed by atoms with Crippen molar-refractivity contribution in [3.05, 3.63) is 29.3 Å². The molecule has 8 heteroatoms. The Hall–Kier alpha value is -1.64. The van der Waals surface area contributed by atoms with Crippen LogP contribution in [-0.4, -0.2) is 74.9 Å². The first kappa shape index (κ1) is 18.2. The highest BCUT2D eigenvalue weighted by Crippen LogP contribution is 2.28. The number of fused-ring (bicyclic) bond motifs is 1. The van der Waals surface area contributed by atoms with E-state index in [1.807, 2.05) is 26.1 Å². The molecule has 1 saturated heterocycles. The summed E-state index contributed by atoms with van der Waals surface area (Å²) in [5, 5.41) is 2.79. The number of nitrogens with zero attached hydrogens (tertiary/aromatic N) is 3. The SMILES string of the molecule is CCNC(=O)N1CCc2cccc(S(=O)(=O)N3CCN(C)CC3)c2C1. The number of hydrogen-bond acceptors (Lipinski definition) is 4. The van der Waals surface area contributed by atoms with E-state index in [4.69, 9.17) is 0 Å². The number of carbonyl (C=O) groups is 1. The van der Waals surface area contributed by atoms with Crippen molar-refractivity contribution in [1.82, 2.24) is 19.4 Å². The van der Waals surface area contributed by atoms with E-state index in [9.17, 15) is 13.2 Å². The van der Waals surface area contributed by atoms with E-state index in [1.165, 1.54) is 0 Å². The van der Waals surface area contributed by atoms with Gasteiger partial charge in [0.2, 0.25) is 10.0 Å². The van der Waals surface area contributed by atoms with Crippen molar-refractivity contribution >= 4 is 16.1 Å². The van der Waals surface area contributed by atoms with Gasteiger partial charge in [-0.25, -0.2) is 13.2 Å². The first-order chi connectivity index (χ1) is 11.9. The van der Waals surface area contributed by atoms with Crippen LogP contribution in [0.2, 0.25) is 0 Å². The fourth-order valence-electron chi connectivity index (χ4n) is 3.40. The van der Waals surface area contributed by atoms with Gasteiger partial charge in [0.1, 0.15) is 0 Å². The molecular formula is C17H26N4O3S. The van der Waals surface area contributed by atoms with Crippen LogP contribution >= 0.6 is 0 Å². The van der Waals surface area contributed by atoms with Crippen molar-refractivity contribution in [2.45, 2.75) is 24.8 Å². The molecule has 1 N–H and O–H groups in total. The van der Waals surface area contributed by atoms with Crippen molar-refractivity contribution < 1.29 is 13.2 Å². The average Bonchev–Trinajstić information content (AvgIpc) is 2.61. The minimum absolute atomic E-state index is 0.139. The standard InChI is InChI=1S/C17H26N4O3S/c1-3-18-17(22)20-8-7-14-5-4-6-16(15(14)13-20)25(23,24)21-11-9-19(2)10-12-21/h4-6H,3,7-13H2,1-2H3,(H,18,22). The van der Waals surface area contributed by atoms with Gasteiger partial charge < -0.3 is 15.1 Å². The van der Waals surface area contributed by atoms with Crippen molar-refractivity contribution in [2.24, 2.45) is 0 Å². The first-order valence-electron chi connectivity index (χ1n) is 8.75. The van der Waals surface area contributed by atoms with Crippen LogP contribution < -0.4 is 5.32 Å². The van der Waals surface area contributed by atoms with E-state index in [2.05, 4.69) is 10.2 Å². The minimum Gasteiger partial charge on any atom is -0.338 e. The molecule has 2 amide bonds. The second kappa shape index (κ2) is 7.31. The van der Waals surface area contributed by atoms with Gasteiger partial charge in [-0.3, -0.25) is 0 Å². The van der Waals surface area contributed by atoms with Crippen LogP contribution in [-0.2, 0) is 23.0 Å². The summed E-state index contributed by atoms with van der Waals surface area (Å²) >= 11 is 0. The minimum atomic E-state index is -3.54. The normalized spacial score (nSPS) is 19.5. The van der Waals surface area contributed by atoms with Gasteiger partial charge in [-0.15, -0.1) is 0 Å². The van der Waals surface area contributed by atoms with Gasteiger partial charge in [0, 0.05) is 45.8 Å². The van der Waals surface area contributed by atoms with E-state index in [0.29, 0.717) is 44.0 Å². The molecule has 25 heavy (non-hydrogen) atoms. The molecule has 1 aromatic carbocycles. The molecule has 2 heterocycles. The zero-order valence-electron chi connectivity index (χ0n) is 14.9. The van der Waals surface area contributed by atoms with Crippen molar-refractivity contribution in [2.75, 3.05) is 46.3 Å². The third kappa shape index (κ3) is 3.65. The molecular weight excluding hydrogens is 340 g/mol. The highest BCUT2D eigenvalue weighted by atomic mass is 32.2. The molecule has 0 unspecified atom stereocenters. The molecule has 1 fully saturated rings. The molecule has 1 aromatic rings. The van der Waals surface area contributed by atoms with Crippen LogP contribution in [0.3, 0.4) is 0 Å². The van der Waals surface area contributed by atoms with E-state index in [1.54, 1.807) is 15.3 Å². The second-order valence-corrected chi connectivity index (χ2v) is 8.51. The number of sulfonamides is 1. The second-order valence-electron chi connectivity index (χ2n) is 6.61. The topological polar surface area (TPSA) is 73.0 Å². The van der Waals surface area contributed by atoms with Crippen LogP contribution in [0.4, 0.5) is 4.79 Å². The molecule has 0 aromatic heterocycles. The zero-order valence-corrected chi connectivity index (χ0v) is 15.7. The number of piperazine rings is 1. The Bertz CT molecular complexity index is 742. The van der Waals surface area contributed by atoms with Gasteiger partial charge in [-0.2, -0.15) is 4.31 Å². The van der Waals surface area contributed by atoms with Gasteiger partial charge in [-0.1, -0.05) is 12.1 Å². The number of nitrogens with one attached hydrogen (secondary N) is 1. The summed E-state index contributed by atoms with van der Waals surface area (Å²) in [4.78, 5) is 16.3. The summed E-state index contributed by atoms with van der Waals surface area (Å²) in [6, 6.07) is 5.31. The number of carbonyl (C=O) groups excluding carboxylic acids is 1. The molecule has 0 radical (unpaired) electrons. The summed E-state index contributed by atoms with van der Waals surface area (Å²) in [6.07, 6.45) is 0.679. The zero-order chi connectivity index (χ0) is 18.0. The van der Waals surface area contributed by atoms with E-state index >= 15 is 0 Å². The molecule has 0 aliphatic carbocycles. The van der Waals surface area contributed by atoms with Crippen LogP contribution in [0.25, 0.3) is 0 Å². The van der Waals surface area contributed by atoms with Crippen LogP contribution in [0.5, 0.6) is 0 Å². The number of benzene rings is 1. The number of urea groups is 1. The molecule has 0 bridgehead atoms. The molecule has 2 aliphatic rings. The molecule has 0 spiro atoms. The third-order valence-electron chi connectivity index (χ3n) is 4.93. The van der Waals surface area contributed by atoms with Crippen molar-refractivity contribution in [1.29, 1.82) is 0 Å². The lowest BCUT2D eigenvalue weighted by Gasteiger charge is -2.34. The van der Waals surface area contributed by atoms with Crippen molar-refractivity contribution in [3.63, 3.8) is 0 Å². The number of amides is 2. The number of likely N-dealkylation sites (N-methyl/N-ethyl adjacent to an activating group) is 1. The van der Waals surface area contributed by atoms with E-state index in [0.717, 1.165) is 24.2 Å². The lowest BCUT2D eigenvalue weighted by molar-refractivity contribution is 0.192. The Labute approximate surface area is 149 Å². The predicted molar refractivity (Wildman–Crippen MR) is 95.9 cm³/mol. The van der Waals surface area contributed by atoms with Crippen molar-refractivity contribution in [3.8, 4) is 0 Å². The monoisotopic (exact) mass is 366 g/mol. The average molecular weight is 366 g/mol. The van der Waals surface area contributed by atoms with Crippen LogP contribution in [0, 0.1) is 0 Å². The van der Waals surface area contributed by atoms with Crippen LogP contribution in [0.1, 0.15) is 18.1 Å². The Morgan fingerprint density at radius 3 is 2.56 bits per heavy atom. The third-order valence-corrected chi connectivity index (χ3v) is 6.91. The Morgan fingerprint density at radius 1 is 1.16 bits per heavy atom. The fourth-order valence-corrected chi connectivity index (χ4v) is 5.08. The summed E-state index contributed by atoms with van der Waals surface area (Å²) in [5.74, 6) is 0. The Morgan fingerprint density at radius 2 is 1.88 bits per heavy atom. The van der Waals surface area contributed by atoms with E-state index < -0.39 is 10.0 Å². The van der Waals surface area contributed by atoms with Gasteiger partial charge in [0.05, 0.1) is 4.90 Å². The first-order valence-corrected chi connectivity index (χ1v) is 10.2. The largest absolute Gasteiger partial charge is 0.338 e. The lowest BCUT2D eigenvalue weighted by atomic mass is 10.00. The number of rotatable bonds is 3. The maximum absolute atomic E-state index is 13.2. The molecule has 138 valence electrons. The molecule has 2 aliphatic heterocycles. The van der Waals surface area contributed by atoms with Gasteiger partial charge >= 0.3 is 6.03 Å².